The van der Waals surface area contributed by atoms with Crippen molar-refractivity contribution in [1.29, 1.82) is 0 Å². The predicted molar refractivity (Wildman–Crippen MR) is 82.2 cm³/mol. The number of benzene rings is 1. The maximum Gasteiger partial charge on any atom is 0.240 e. The summed E-state index contributed by atoms with van der Waals surface area (Å²) in [5.41, 5.74) is 7.17. The largest absolute Gasteiger partial charge is 0.397 e. The number of anilines is 2. The minimum absolute atomic E-state index is 0.250. The molecule has 20 heavy (non-hydrogen) atoms. The summed E-state index contributed by atoms with van der Waals surface area (Å²) < 4.78 is 26.4. The fourth-order valence-corrected chi connectivity index (χ4v) is 3.39. The molecule has 0 radical (unpaired) electrons. The van der Waals surface area contributed by atoms with Crippen LogP contribution in [0.1, 0.15) is 32.6 Å². The molecule has 0 bridgehead atoms. The number of sulfonamides is 1. The second kappa shape index (κ2) is 6.45. The van der Waals surface area contributed by atoms with Gasteiger partial charge in [0.2, 0.25) is 10.0 Å². The second-order valence-electron chi connectivity index (χ2n) is 5.26. The molecular formula is C14H23N3O2S. The monoisotopic (exact) mass is 297 g/mol. The number of nitrogen functional groups attached to an aromatic ring is 1. The van der Waals surface area contributed by atoms with Gasteiger partial charge in [-0.05, 0) is 30.5 Å². The first-order valence-corrected chi connectivity index (χ1v) is 8.64. The van der Waals surface area contributed by atoms with Crippen molar-refractivity contribution in [2.45, 2.75) is 37.5 Å². The molecule has 0 saturated heterocycles. The summed E-state index contributed by atoms with van der Waals surface area (Å²) in [6.07, 6.45) is 5.07. The Morgan fingerprint density at radius 2 is 2.10 bits per heavy atom. The average molecular weight is 297 g/mol. The van der Waals surface area contributed by atoms with Crippen molar-refractivity contribution in [2.24, 2.45) is 5.92 Å². The lowest BCUT2D eigenvalue weighted by Gasteiger charge is -2.25. The Balaban J connectivity index is 2.03. The fourth-order valence-electron chi connectivity index (χ4n) is 2.32. The molecule has 1 saturated carbocycles. The molecule has 0 spiro atoms. The van der Waals surface area contributed by atoms with Gasteiger partial charge in [0.1, 0.15) is 0 Å². The zero-order valence-corrected chi connectivity index (χ0v) is 12.7. The van der Waals surface area contributed by atoms with Crippen molar-refractivity contribution in [1.82, 2.24) is 4.72 Å². The van der Waals surface area contributed by atoms with Crippen molar-refractivity contribution in [3.05, 3.63) is 18.2 Å². The average Bonchev–Trinajstić information content (AvgIpc) is 2.34. The van der Waals surface area contributed by atoms with Crippen molar-refractivity contribution >= 4 is 21.4 Å². The second-order valence-corrected chi connectivity index (χ2v) is 7.03. The van der Waals surface area contributed by atoms with Gasteiger partial charge in [-0.1, -0.05) is 26.2 Å². The lowest BCUT2D eigenvalue weighted by Crippen LogP contribution is -2.23. The standard InChI is InChI=1S/C14H23N3O2S/c1-2-17-20(18,19)12-6-7-13(15)14(10-12)16-9-8-11-4-3-5-11/h6-7,10-11,16-17H,2-5,8-9,15H2,1H3. The van der Waals surface area contributed by atoms with E-state index in [0.29, 0.717) is 17.9 Å². The van der Waals surface area contributed by atoms with Gasteiger partial charge < -0.3 is 11.1 Å². The molecule has 1 aliphatic carbocycles. The molecule has 2 rings (SSSR count). The molecule has 4 N–H and O–H groups in total. The number of nitrogens with one attached hydrogen (secondary N) is 2. The highest BCUT2D eigenvalue weighted by molar-refractivity contribution is 7.89. The summed E-state index contributed by atoms with van der Waals surface area (Å²) in [7, 11) is -3.43. The Bertz CT molecular complexity index is 554. The molecule has 1 aromatic carbocycles. The van der Waals surface area contributed by atoms with Gasteiger partial charge in [0, 0.05) is 13.1 Å². The SMILES string of the molecule is CCNS(=O)(=O)c1ccc(N)c(NCCC2CCC2)c1. The van der Waals surface area contributed by atoms with Crippen LogP contribution >= 0.6 is 0 Å². The molecule has 1 aliphatic rings. The van der Waals surface area contributed by atoms with E-state index in [-0.39, 0.29) is 4.90 Å². The van der Waals surface area contributed by atoms with Crippen LogP contribution in [0.15, 0.2) is 23.1 Å². The normalized spacial score (nSPS) is 15.8. The molecule has 1 aromatic rings. The molecule has 0 aliphatic heterocycles. The zero-order valence-electron chi connectivity index (χ0n) is 11.9. The summed E-state index contributed by atoms with van der Waals surface area (Å²) in [5.74, 6) is 0.817. The Labute approximate surface area is 121 Å². The van der Waals surface area contributed by atoms with Crippen LogP contribution in [-0.2, 0) is 10.0 Å². The highest BCUT2D eigenvalue weighted by atomic mass is 32.2. The van der Waals surface area contributed by atoms with Gasteiger partial charge in [-0.2, -0.15) is 0 Å². The maximum atomic E-state index is 12.0. The van der Waals surface area contributed by atoms with Gasteiger partial charge in [0.15, 0.2) is 0 Å². The molecule has 0 amide bonds. The first-order chi connectivity index (χ1) is 9.53. The van der Waals surface area contributed by atoms with Crippen molar-refractivity contribution in [2.75, 3.05) is 24.1 Å². The van der Waals surface area contributed by atoms with Crippen LogP contribution in [-0.4, -0.2) is 21.5 Å². The third-order valence-corrected chi connectivity index (χ3v) is 5.31. The molecular weight excluding hydrogens is 274 g/mol. The summed E-state index contributed by atoms with van der Waals surface area (Å²) >= 11 is 0. The Morgan fingerprint density at radius 1 is 1.35 bits per heavy atom. The van der Waals surface area contributed by atoms with E-state index in [1.54, 1.807) is 19.1 Å². The number of hydrogen-bond acceptors (Lipinski definition) is 4. The first kappa shape index (κ1) is 15.1. The van der Waals surface area contributed by atoms with E-state index >= 15 is 0 Å². The number of rotatable bonds is 7. The fraction of sp³-hybridized carbons (Fsp3) is 0.571. The summed E-state index contributed by atoms with van der Waals surface area (Å²) in [5, 5.41) is 3.25. The maximum absolute atomic E-state index is 12.0. The number of nitrogens with two attached hydrogens (primary N) is 1. The van der Waals surface area contributed by atoms with E-state index in [0.717, 1.165) is 18.9 Å². The van der Waals surface area contributed by atoms with Crippen molar-refractivity contribution < 1.29 is 8.42 Å². The molecule has 1 fully saturated rings. The smallest absolute Gasteiger partial charge is 0.240 e. The molecule has 5 nitrogen and oxygen atoms in total. The third-order valence-electron chi connectivity index (χ3n) is 3.76. The van der Waals surface area contributed by atoms with Crippen LogP contribution in [0.3, 0.4) is 0 Å². The van der Waals surface area contributed by atoms with E-state index in [1.165, 1.54) is 25.3 Å². The van der Waals surface area contributed by atoms with Crippen molar-refractivity contribution in [3.63, 3.8) is 0 Å². The summed E-state index contributed by atoms with van der Waals surface area (Å²) in [6.45, 7) is 2.96. The molecule has 0 aromatic heterocycles. The van der Waals surface area contributed by atoms with Crippen LogP contribution in [0.5, 0.6) is 0 Å². The zero-order chi connectivity index (χ0) is 14.6. The summed E-state index contributed by atoms with van der Waals surface area (Å²) in [6, 6.07) is 4.77. The van der Waals surface area contributed by atoms with Crippen LogP contribution in [0.25, 0.3) is 0 Å². The summed E-state index contributed by atoms with van der Waals surface area (Å²) in [4.78, 5) is 0.250. The van der Waals surface area contributed by atoms with Crippen LogP contribution < -0.4 is 15.8 Å². The topological polar surface area (TPSA) is 84.2 Å². The van der Waals surface area contributed by atoms with E-state index in [2.05, 4.69) is 10.0 Å². The Hall–Kier alpha value is -1.27. The molecule has 0 unspecified atom stereocenters. The van der Waals surface area contributed by atoms with Gasteiger partial charge in [-0.3, -0.25) is 0 Å². The van der Waals surface area contributed by atoms with Crippen LogP contribution in [0, 0.1) is 5.92 Å². The lowest BCUT2D eigenvalue weighted by molar-refractivity contribution is 0.303. The highest BCUT2D eigenvalue weighted by Crippen LogP contribution is 2.30. The molecule has 0 heterocycles. The Kier molecular flexibility index (Phi) is 4.88. The number of hydrogen-bond donors (Lipinski definition) is 3. The highest BCUT2D eigenvalue weighted by Gasteiger charge is 2.17. The molecule has 6 heteroatoms. The van der Waals surface area contributed by atoms with E-state index in [9.17, 15) is 8.42 Å². The predicted octanol–water partition coefficient (Wildman–Crippen LogP) is 2.17. The third kappa shape index (κ3) is 3.64. The minimum atomic E-state index is -3.43. The van der Waals surface area contributed by atoms with Crippen LogP contribution in [0.4, 0.5) is 11.4 Å². The van der Waals surface area contributed by atoms with Gasteiger partial charge in [-0.25, -0.2) is 13.1 Å². The van der Waals surface area contributed by atoms with E-state index in [4.69, 9.17) is 5.73 Å². The lowest BCUT2D eigenvalue weighted by atomic mass is 9.83. The molecule has 0 atom stereocenters. The van der Waals surface area contributed by atoms with Crippen molar-refractivity contribution in [3.8, 4) is 0 Å². The van der Waals surface area contributed by atoms with Gasteiger partial charge >= 0.3 is 0 Å². The molecule has 112 valence electrons. The van der Waals surface area contributed by atoms with Gasteiger partial charge in [-0.15, -0.1) is 0 Å². The minimum Gasteiger partial charge on any atom is -0.397 e. The van der Waals surface area contributed by atoms with E-state index < -0.39 is 10.0 Å². The van der Waals surface area contributed by atoms with Gasteiger partial charge in [0.25, 0.3) is 0 Å². The van der Waals surface area contributed by atoms with Gasteiger partial charge in [0.05, 0.1) is 16.3 Å². The first-order valence-electron chi connectivity index (χ1n) is 7.16. The quantitative estimate of drug-likeness (QED) is 0.673. The van der Waals surface area contributed by atoms with E-state index in [1.807, 2.05) is 0 Å². The van der Waals surface area contributed by atoms with Crippen LogP contribution in [0.2, 0.25) is 0 Å². The Morgan fingerprint density at radius 3 is 2.70 bits per heavy atom.